The van der Waals surface area contributed by atoms with E-state index in [2.05, 4.69) is 54.0 Å². The van der Waals surface area contributed by atoms with E-state index in [1.54, 1.807) is 12.3 Å². The number of rotatable bonds is 5. The Labute approximate surface area is 177 Å². The topological polar surface area (TPSA) is 75.9 Å². The highest BCUT2D eigenvalue weighted by atomic mass is 16.2. The average Bonchev–Trinajstić information content (AvgIpc) is 3.33. The fourth-order valence-electron chi connectivity index (χ4n) is 3.64. The molecule has 0 bridgehead atoms. The molecular formula is C23H28N6O. The first-order chi connectivity index (χ1) is 14.3. The van der Waals surface area contributed by atoms with E-state index < -0.39 is 0 Å². The van der Waals surface area contributed by atoms with Crippen LogP contribution in [-0.2, 0) is 12.0 Å². The normalized spacial score (nSPS) is 14.7. The molecule has 156 valence electrons. The van der Waals surface area contributed by atoms with Crippen LogP contribution in [0.3, 0.4) is 0 Å². The molecule has 0 spiro atoms. The number of amides is 1. The van der Waals surface area contributed by atoms with Crippen molar-refractivity contribution < 1.29 is 4.79 Å². The molecule has 4 heterocycles. The summed E-state index contributed by atoms with van der Waals surface area (Å²) in [5, 5.41) is 3.45. The minimum Gasteiger partial charge on any atom is -0.362 e. The highest BCUT2D eigenvalue weighted by Crippen LogP contribution is 2.30. The maximum Gasteiger partial charge on any atom is 0.254 e. The Morgan fingerprint density at radius 2 is 1.93 bits per heavy atom. The molecule has 1 aliphatic heterocycles. The third-order valence-electron chi connectivity index (χ3n) is 5.51. The number of pyridine rings is 2. The van der Waals surface area contributed by atoms with Crippen molar-refractivity contribution in [2.75, 3.05) is 11.9 Å². The van der Waals surface area contributed by atoms with Gasteiger partial charge in [0.15, 0.2) is 0 Å². The molecule has 30 heavy (non-hydrogen) atoms. The summed E-state index contributed by atoms with van der Waals surface area (Å²) < 4.78 is 2.01. The number of carbonyl (C=O) groups excluding carboxylic acids is 1. The van der Waals surface area contributed by atoms with E-state index in [1.807, 2.05) is 41.2 Å². The lowest BCUT2D eigenvalue weighted by Gasteiger charge is -2.18. The van der Waals surface area contributed by atoms with E-state index in [1.165, 1.54) is 0 Å². The van der Waals surface area contributed by atoms with Gasteiger partial charge in [0.1, 0.15) is 5.82 Å². The molecule has 1 aliphatic rings. The number of fused-ring (bicyclic) bond motifs is 1. The Bertz CT molecular complexity index is 1080. The first kappa shape index (κ1) is 20.1. The summed E-state index contributed by atoms with van der Waals surface area (Å²) in [5.74, 6) is 0.819. The fourth-order valence-corrected chi connectivity index (χ4v) is 3.64. The van der Waals surface area contributed by atoms with Crippen LogP contribution in [-0.4, -0.2) is 36.9 Å². The average molecular weight is 405 g/mol. The van der Waals surface area contributed by atoms with E-state index in [9.17, 15) is 4.79 Å². The zero-order chi connectivity index (χ0) is 21.5. The van der Waals surface area contributed by atoms with E-state index >= 15 is 0 Å². The summed E-state index contributed by atoms with van der Waals surface area (Å²) in [5.41, 5.74) is 4.65. The van der Waals surface area contributed by atoms with Crippen molar-refractivity contribution in [3.63, 3.8) is 0 Å². The highest BCUT2D eigenvalue weighted by Gasteiger charge is 2.29. The Morgan fingerprint density at radius 1 is 1.17 bits per heavy atom. The number of hydrogen-bond acceptors (Lipinski definition) is 5. The lowest BCUT2D eigenvalue weighted by molar-refractivity contribution is 0.0787. The predicted octanol–water partition coefficient (Wildman–Crippen LogP) is 4.11. The van der Waals surface area contributed by atoms with Crippen LogP contribution in [0.25, 0.3) is 5.69 Å². The molecule has 0 aromatic carbocycles. The van der Waals surface area contributed by atoms with Gasteiger partial charge in [-0.05, 0) is 32.0 Å². The van der Waals surface area contributed by atoms with Crippen LogP contribution in [0.15, 0.2) is 43.1 Å². The van der Waals surface area contributed by atoms with Crippen LogP contribution in [0.2, 0.25) is 0 Å². The van der Waals surface area contributed by atoms with Crippen LogP contribution < -0.4 is 5.32 Å². The molecule has 4 rings (SSSR count). The van der Waals surface area contributed by atoms with E-state index in [0.717, 1.165) is 34.0 Å². The molecule has 0 saturated heterocycles. The minimum absolute atomic E-state index is 0.0164. The Kier molecular flexibility index (Phi) is 5.05. The number of carbonyl (C=O) groups is 1. The summed E-state index contributed by atoms with van der Waals surface area (Å²) >= 11 is 0. The number of aromatic nitrogens is 4. The van der Waals surface area contributed by atoms with Crippen molar-refractivity contribution >= 4 is 11.7 Å². The van der Waals surface area contributed by atoms with Crippen LogP contribution in [0.5, 0.6) is 0 Å². The first-order valence-corrected chi connectivity index (χ1v) is 10.3. The predicted molar refractivity (Wildman–Crippen MR) is 117 cm³/mol. The summed E-state index contributed by atoms with van der Waals surface area (Å²) in [6.07, 6.45) is 7.37. The Balaban J connectivity index is 1.56. The van der Waals surface area contributed by atoms with Gasteiger partial charge in [0.05, 0.1) is 24.6 Å². The minimum atomic E-state index is -0.0556. The lowest BCUT2D eigenvalue weighted by atomic mass is 9.91. The van der Waals surface area contributed by atoms with Crippen molar-refractivity contribution in [3.8, 4) is 5.69 Å². The van der Waals surface area contributed by atoms with Crippen molar-refractivity contribution in [2.24, 2.45) is 0 Å². The summed E-state index contributed by atoms with van der Waals surface area (Å²) in [6, 6.07) is 5.82. The number of imidazole rings is 1. The molecular weight excluding hydrogens is 376 g/mol. The molecule has 1 unspecified atom stereocenters. The Morgan fingerprint density at radius 3 is 2.67 bits per heavy atom. The molecule has 7 nitrogen and oxygen atoms in total. The molecule has 7 heteroatoms. The largest absolute Gasteiger partial charge is 0.362 e. The molecule has 3 aromatic rings. The standard InChI is InChI=1S/C23H28N6O/c1-6-28-12-18-17(22(28)30)8-10-25-21(18)27-15(2)19-13-29(14-26-19)16-7-9-24-20(11-16)23(3,4)5/h7-11,13-15H,6,12H2,1-5H3,(H,25,27). The third kappa shape index (κ3) is 3.67. The maximum absolute atomic E-state index is 12.4. The Hall–Kier alpha value is -3.22. The van der Waals surface area contributed by atoms with Crippen molar-refractivity contribution in [1.29, 1.82) is 0 Å². The molecule has 0 radical (unpaired) electrons. The second kappa shape index (κ2) is 7.55. The van der Waals surface area contributed by atoms with Gasteiger partial charge in [0.25, 0.3) is 5.91 Å². The zero-order valence-electron chi connectivity index (χ0n) is 18.2. The summed E-state index contributed by atoms with van der Waals surface area (Å²) in [7, 11) is 0. The second-order valence-electron chi connectivity index (χ2n) is 8.73. The molecule has 1 N–H and O–H groups in total. The van der Waals surface area contributed by atoms with Gasteiger partial charge in [-0.15, -0.1) is 0 Å². The number of anilines is 1. The number of hydrogen-bond donors (Lipinski definition) is 1. The zero-order valence-corrected chi connectivity index (χ0v) is 18.2. The van der Waals surface area contributed by atoms with Crippen molar-refractivity contribution in [1.82, 2.24) is 24.4 Å². The van der Waals surface area contributed by atoms with Gasteiger partial charge in [0.2, 0.25) is 0 Å². The molecule has 0 fully saturated rings. The highest BCUT2D eigenvalue weighted by molar-refractivity contribution is 5.99. The van der Waals surface area contributed by atoms with Crippen LogP contribution in [0.1, 0.15) is 68.0 Å². The monoisotopic (exact) mass is 404 g/mol. The smallest absolute Gasteiger partial charge is 0.254 e. The summed E-state index contributed by atoms with van der Waals surface area (Å²) in [4.78, 5) is 27.9. The van der Waals surface area contributed by atoms with Gasteiger partial charge in [-0.2, -0.15) is 0 Å². The van der Waals surface area contributed by atoms with E-state index in [-0.39, 0.29) is 17.4 Å². The van der Waals surface area contributed by atoms with Crippen LogP contribution in [0.4, 0.5) is 5.82 Å². The quantitative estimate of drug-likeness (QED) is 0.693. The van der Waals surface area contributed by atoms with Gasteiger partial charge < -0.3 is 14.8 Å². The van der Waals surface area contributed by atoms with E-state index in [0.29, 0.717) is 13.1 Å². The number of nitrogens with one attached hydrogen (secondary N) is 1. The molecule has 0 aliphatic carbocycles. The van der Waals surface area contributed by atoms with Gasteiger partial charge in [-0.3, -0.25) is 9.78 Å². The van der Waals surface area contributed by atoms with Crippen LogP contribution >= 0.6 is 0 Å². The number of nitrogens with zero attached hydrogens (tertiary/aromatic N) is 5. The molecule has 0 saturated carbocycles. The maximum atomic E-state index is 12.4. The van der Waals surface area contributed by atoms with Crippen molar-refractivity contribution in [3.05, 3.63) is 65.6 Å². The fraction of sp³-hybridized carbons (Fsp3) is 0.391. The van der Waals surface area contributed by atoms with Gasteiger partial charge >= 0.3 is 0 Å². The summed E-state index contributed by atoms with van der Waals surface area (Å²) in [6.45, 7) is 11.8. The lowest BCUT2D eigenvalue weighted by Crippen LogP contribution is -2.22. The molecule has 3 aromatic heterocycles. The molecule has 1 amide bonds. The van der Waals surface area contributed by atoms with Gasteiger partial charge in [-0.25, -0.2) is 9.97 Å². The second-order valence-corrected chi connectivity index (χ2v) is 8.73. The van der Waals surface area contributed by atoms with Crippen LogP contribution in [0, 0.1) is 0 Å². The first-order valence-electron chi connectivity index (χ1n) is 10.3. The van der Waals surface area contributed by atoms with E-state index in [4.69, 9.17) is 0 Å². The SMILES string of the molecule is CCN1Cc2c(ccnc2NC(C)c2cn(-c3ccnc(C(C)(C)C)c3)cn2)C1=O. The van der Waals surface area contributed by atoms with Crippen molar-refractivity contribution in [2.45, 2.75) is 52.6 Å². The third-order valence-corrected chi connectivity index (χ3v) is 5.51. The van der Waals surface area contributed by atoms with Gasteiger partial charge in [-0.1, -0.05) is 20.8 Å². The van der Waals surface area contributed by atoms with Gasteiger partial charge in [0, 0.05) is 53.1 Å². The molecule has 1 atom stereocenters.